The second-order valence-corrected chi connectivity index (χ2v) is 7.41. The molecule has 3 rings (SSSR count). The van der Waals surface area contributed by atoms with E-state index in [1.807, 2.05) is 30.3 Å². The molecule has 20 heavy (non-hydrogen) atoms. The van der Waals surface area contributed by atoms with Crippen molar-refractivity contribution < 1.29 is 0 Å². The van der Waals surface area contributed by atoms with Crippen molar-refractivity contribution in [1.29, 1.82) is 0 Å². The van der Waals surface area contributed by atoms with E-state index in [-0.39, 0.29) is 0 Å². The number of anilines is 2. The van der Waals surface area contributed by atoms with Gasteiger partial charge in [-0.15, -0.1) is 23.1 Å². The summed E-state index contributed by atoms with van der Waals surface area (Å²) in [4.78, 5) is 10.1. The van der Waals surface area contributed by atoms with Crippen molar-refractivity contribution in [2.24, 2.45) is 0 Å². The van der Waals surface area contributed by atoms with Crippen LogP contribution in [0.1, 0.15) is 37.8 Å². The van der Waals surface area contributed by atoms with Crippen molar-refractivity contribution in [1.82, 2.24) is 9.97 Å². The fourth-order valence-corrected chi connectivity index (χ4v) is 4.42. The first kappa shape index (κ1) is 13.9. The molecule has 1 saturated carbocycles. The Labute approximate surface area is 128 Å². The molecule has 0 radical (unpaired) electrons. The zero-order valence-corrected chi connectivity index (χ0v) is 13.3. The zero-order chi connectivity index (χ0) is 13.8. The second kappa shape index (κ2) is 6.59. The summed E-state index contributed by atoms with van der Waals surface area (Å²) in [5.74, 6) is 0.889. The van der Waals surface area contributed by atoms with Crippen LogP contribution >= 0.6 is 23.1 Å². The molecule has 3 nitrogen and oxygen atoms in total. The lowest BCUT2D eigenvalue weighted by atomic mass is 10.0. The summed E-state index contributed by atoms with van der Waals surface area (Å²) < 4.78 is 0. The van der Waals surface area contributed by atoms with E-state index in [4.69, 9.17) is 0 Å². The van der Waals surface area contributed by atoms with Gasteiger partial charge in [0, 0.05) is 21.7 Å². The molecule has 0 spiro atoms. The van der Waals surface area contributed by atoms with Crippen LogP contribution in [0.2, 0.25) is 0 Å². The minimum atomic E-state index is 0.779. The van der Waals surface area contributed by atoms with E-state index in [0.29, 0.717) is 0 Å². The van der Waals surface area contributed by atoms with Gasteiger partial charge in [0.1, 0.15) is 5.82 Å². The topological polar surface area (TPSA) is 37.8 Å². The van der Waals surface area contributed by atoms with Crippen LogP contribution in [-0.2, 0) is 0 Å². The number of thiazole rings is 1. The van der Waals surface area contributed by atoms with Crippen LogP contribution in [0.25, 0.3) is 0 Å². The molecule has 0 aromatic carbocycles. The molecule has 0 bridgehead atoms. The van der Waals surface area contributed by atoms with Crippen LogP contribution in [0.15, 0.2) is 28.6 Å². The van der Waals surface area contributed by atoms with E-state index in [2.05, 4.69) is 27.4 Å². The van der Waals surface area contributed by atoms with Crippen molar-refractivity contribution in [2.75, 3.05) is 5.32 Å². The highest BCUT2D eigenvalue weighted by molar-refractivity contribution is 8.00. The Morgan fingerprint density at radius 3 is 2.90 bits per heavy atom. The van der Waals surface area contributed by atoms with E-state index < -0.39 is 0 Å². The second-order valence-electron chi connectivity index (χ2n) is 5.17. The first-order valence-electron chi connectivity index (χ1n) is 7.11. The standard InChI is InChI=1S/C15H19N3S2/c1-11-10-19-15(17-11)18-14-9-13(7-8-16-14)20-12-5-3-2-4-6-12/h7-10,12H,2-6H2,1H3,(H,16,17,18). The summed E-state index contributed by atoms with van der Waals surface area (Å²) in [7, 11) is 0. The molecular weight excluding hydrogens is 286 g/mol. The Hall–Kier alpha value is -1.07. The summed E-state index contributed by atoms with van der Waals surface area (Å²) in [5, 5.41) is 7.02. The Morgan fingerprint density at radius 2 is 2.15 bits per heavy atom. The highest BCUT2D eigenvalue weighted by atomic mass is 32.2. The molecule has 1 fully saturated rings. The third kappa shape index (κ3) is 3.73. The van der Waals surface area contributed by atoms with E-state index in [0.717, 1.165) is 21.9 Å². The number of pyridine rings is 1. The first-order chi connectivity index (χ1) is 9.79. The first-order valence-corrected chi connectivity index (χ1v) is 8.87. The highest BCUT2D eigenvalue weighted by Crippen LogP contribution is 2.34. The minimum Gasteiger partial charge on any atom is -0.316 e. The average Bonchev–Trinajstić information content (AvgIpc) is 2.86. The van der Waals surface area contributed by atoms with Crippen LogP contribution in [0.5, 0.6) is 0 Å². The van der Waals surface area contributed by atoms with Gasteiger partial charge in [0.05, 0.1) is 5.69 Å². The van der Waals surface area contributed by atoms with Gasteiger partial charge in [-0.3, -0.25) is 0 Å². The molecule has 0 amide bonds. The van der Waals surface area contributed by atoms with E-state index >= 15 is 0 Å². The third-order valence-corrected chi connectivity index (χ3v) is 5.65. The Kier molecular flexibility index (Phi) is 4.58. The lowest BCUT2D eigenvalue weighted by Crippen LogP contribution is -2.07. The van der Waals surface area contributed by atoms with Crippen LogP contribution in [0.3, 0.4) is 0 Å². The molecular formula is C15H19N3S2. The van der Waals surface area contributed by atoms with Gasteiger partial charge in [-0.1, -0.05) is 19.3 Å². The van der Waals surface area contributed by atoms with Crippen molar-refractivity contribution in [3.05, 3.63) is 29.4 Å². The summed E-state index contributed by atoms with van der Waals surface area (Å²) in [5.41, 5.74) is 1.05. The van der Waals surface area contributed by atoms with Gasteiger partial charge in [-0.25, -0.2) is 9.97 Å². The maximum atomic E-state index is 4.41. The fourth-order valence-electron chi connectivity index (χ4n) is 2.45. The number of nitrogens with zero attached hydrogens (tertiary/aromatic N) is 2. The lowest BCUT2D eigenvalue weighted by Gasteiger charge is -2.20. The molecule has 2 aromatic rings. The summed E-state index contributed by atoms with van der Waals surface area (Å²) in [6.07, 6.45) is 8.75. The quantitative estimate of drug-likeness (QED) is 0.861. The normalized spacial score (nSPS) is 16.2. The predicted octanol–water partition coefficient (Wildman–Crippen LogP) is 5.01. The molecule has 2 heterocycles. The largest absolute Gasteiger partial charge is 0.316 e. The molecule has 0 unspecified atom stereocenters. The maximum Gasteiger partial charge on any atom is 0.188 e. The average molecular weight is 305 g/mol. The number of thioether (sulfide) groups is 1. The predicted molar refractivity (Wildman–Crippen MR) is 87.1 cm³/mol. The van der Waals surface area contributed by atoms with Gasteiger partial charge in [-0.2, -0.15) is 0 Å². The smallest absolute Gasteiger partial charge is 0.188 e. The molecule has 1 N–H and O–H groups in total. The number of hydrogen-bond donors (Lipinski definition) is 1. The summed E-state index contributed by atoms with van der Waals surface area (Å²) in [6.45, 7) is 2.00. The number of rotatable bonds is 4. The number of nitrogens with one attached hydrogen (secondary N) is 1. The molecule has 0 saturated heterocycles. The van der Waals surface area contributed by atoms with Crippen LogP contribution in [0, 0.1) is 6.92 Å². The Balaban J connectivity index is 1.65. The van der Waals surface area contributed by atoms with Crippen LogP contribution in [-0.4, -0.2) is 15.2 Å². The molecule has 5 heteroatoms. The fraction of sp³-hybridized carbons (Fsp3) is 0.467. The maximum absolute atomic E-state index is 4.41. The van der Waals surface area contributed by atoms with Gasteiger partial charge < -0.3 is 5.32 Å². The van der Waals surface area contributed by atoms with E-state index in [1.54, 1.807) is 11.3 Å². The summed E-state index contributed by atoms with van der Waals surface area (Å²) >= 11 is 3.61. The van der Waals surface area contributed by atoms with Gasteiger partial charge in [0.25, 0.3) is 0 Å². The zero-order valence-electron chi connectivity index (χ0n) is 11.6. The van der Waals surface area contributed by atoms with Gasteiger partial charge in [0.15, 0.2) is 5.13 Å². The number of hydrogen-bond acceptors (Lipinski definition) is 5. The molecule has 1 aliphatic carbocycles. The SMILES string of the molecule is Cc1csc(Nc2cc(SC3CCCCC3)ccn2)n1. The van der Waals surface area contributed by atoms with Crippen molar-refractivity contribution in [3.8, 4) is 0 Å². The molecule has 0 atom stereocenters. The molecule has 2 aromatic heterocycles. The van der Waals surface area contributed by atoms with Crippen LogP contribution < -0.4 is 5.32 Å². The Morgan fingerprint density at radius 1 is 1.30 bits per heavy atom. The number of aromatic nitrogens is 2. The molecule has 0 aliphatic heterocycles. The summed E-state index contributed by atoms with van der Waals surface area (Å²) in [6, 6.07) is 4.24. The van der Waals surface area contributed by atoms with Crippen LogP contribution in [0.4, 0.5) is 10.9 Å². The van der Waals surface area contributed by atoms with E-state index in [1.165, 1.54) is 37.0 Å². The molecule has 106 valence electrons. The number of aryl methyl sites for hydroxylation is 1. The van der Waals surface area contributed by atoms with Gasteiger partial charge >= 0.3 is 0 Å². The minimum absolute atomic E-state index is 0.779. The monoisotopic (exact) mass is 305 g/mol. The van der Waals surface area contributed by atoms with Gasteiger partial charge in [-0.05, 0) is 31.9 Å². The van der Waals surface area contributed by atoms with Crippen molar-refractivity contribution in [3.63, 3.8) is 0 Å². The van der Waals surface area contributed by atoms with Crippen molar-refractivity contribution >= 4 is 34.0 Å². The van der Waals surface area contributed by atoms with E-state index in [9.17, 15) is 0 Å². The Bertz CT molecular complexity index is 562. The lowest BCUT2D eigenvalue weighted by molar-refractivity contribution is 0.516. The highest BCUT2D eigenvalue weighted by Gasteiger charge is 2.14. The molecule has 1 aliphatic rings. The third-order valence-electron chi connectivity index (χ3n) is 3.44. The van der Waals surface area contributed by atoms with Crippen molar-refractivity contribution in [2.45, 2.75) is 49.2 Å². The van der Waals surface area contributed by atoms with Gasteiger partial charge in [0.2, 0.25) is 0 Å².